The predicted octanol–water partition coefficient (Wildman–Crippen LogP) is 11.5. The van der Waals surface area contributed by atoms with Crippen molar-refractivity contribution >= 4 is 17.9 Å². The highest BCUT2D eigenvalue weighted by Crippen LogP contribution is 2.15. The molecule has 0 spiro atoms. The highest BCUT2D eigenvalue weighted by Gasteiger charge is 2.25. The van der Waals surface area contributed by atoms with Crippen LogP contribution in [0.25, 0.3) is 0 Å². The van der Waals surface area contributed by atoms with Gasteiger partial charge in [-0.1, -0.05) is 173 Å². The first-order chi connectivity index (χ1) is 27.1. The van der Waals surface area contributed by atoms with Crippen molar-refractivity contribution < 1.29 is 38.2 Å². The standard InChI is InChI=1S/C48H89NO7/c1-6-8-10-12-14-16-17-18-19-20-21-22-23-24-25-26-27-28-29-31-32-34-36-38-46(50)55-43-44(42-54-41-40-45(48(52)53)49(3,4)5)56-47(51)39-37-35-33-30-15-13-11-9-7-2/h21-22,24-25,44-45H,6-20,23,26-43H2,1-5H3/b22-21+,25-24+. The minimum Gasteiger partial charge on any atom is -0.544 e. The van der Waals surface area contributed by atoms with Crippen molar-refractivity contribution in [1.29, 1.82) is 0 Å². The number of rotatable bonds is 42. The molecular formula is C48H89NO7. The van der Waals surface area contributed by atoms with Gasteiger partial charge in [-0.25, -0.2) is 0 Å². The molecule has 0 rings (SSSR count). The second kappa shape index (κ2) is 39.6. The van der Waals surface area contributed by atoms with Gasteiger partial charge in [0.25, 0.3) is 0 Å². The second-order valence-electron chi connectivity index (χ2n) is 17.0. The summed E-state index contributed by atoms with van der Waals surface area (Å²) in [7, 11) is 5.40. The molecule has 56 heavy (non-hydrogen) atoms. The van der Waals surface area contributed by atoms with Gasteiger partial charge in [0.2, 0.25) is 0 Å². The van der Waals surface area contributed by atoms with E-state index in [1.165, 1.54) is 128 Å². The predicted molar refractivity (Wildman–Crippen MR) is 231 cm³/mol. The number of hydrogen-bond acceptors (Lipinski definition) is 7. The fraction of sp³-hybridized carbons (Fsp3) is 0.854. The number of nitrogens with zero attached hydrogens (tertiary/aromatic N) is 1. The van der Waals surface area contributed by atoms with Crippen LogP contribution >= 0.6 is 0 Å². The highest BCUT2D eigenvalue weighted by molar-refractivity contribution is 5.70. The third kappa shape index (κ3) is 37.4. The third-order valence-corrected chi connectivity index (χ3v) is 10.6. The molecule has 8 nitrogen and oxygen atoms in total. The number of ether oxygens (including phenoxy) is 3. The van der Waals surface area contributed by atoms with Crippen molar-refractivity contribution in [3.63, 3.8) is 0 Å². The Bertz CT molecular complexity index is 973. The third-order valence-electron chi connectivity index (χ3n) is 10.6. The van der Waals surface area contributed by atoms with Crippen LogP contribution in [0.1, 0.15) is 213 Å². The lowest BCUT2D eigenvalue weighted by Crippen LogP contribution is -2.55. The number of quaternary nitrogens is 1. The van der Waals surface area contributed by atoms with Gasteiger partial charge >= 0.3 is 11.9 Å². The molecule has 0 bridgehead atoms. The van der Waals surface area contributed by atoms with Gasteiger partial charge < -0.3 is 28.6 Å². The average molecular weight is 792 g/mol. The zero-order valence-corrected chi connectivity index (χ0v) is 37.3. The number of aliphatic carboxylic acids is 1. The summed E-state index contributed by atoms with van der Waals surface area (Å²) in [6.45, 7) is 4.65. The molecule has 0 aliphatic rings. The smallest absolute Gasteiger partial charge is 0.306 e. The van der Waals surface area contributed by atoms with E-state index >= 15 is 0 Å². The summed E-state index contributed by atoms with van der Waals surface area (Å²) in [5.74, 6) is -1.74. The highest BCUT2D eigenvalue weighted by atomic mass is 16.6. The van der Waals surface area contributed by atoms with E-state index in [0.29, 0.717) is 12.8 Å². The number of likely N-dealkylation sites (N-methyl/N-ethyl adjacent to an activating group) is 1. The first kappa shape index (κ1) is 53.8. The molecule has 0 amide bonds. The molecule has 0 aliphatic carbocycles. The first-order valence-electron chi connectivity index (χ1n) is 23.4. The summed E-state index contributed by atoms with van der Waals surface area (Å²) >= 11 is 0. The molecule has 0 saturated heterocycles. The monoisotopic (exact) mass is 792 g/mol. The fourth-order valence-corrected chi connectivity index (χ4v) is 6.93. The van der Waals surface area contributed by atoms with Crippen LogP contribution in [0.15, 0.2) is 24.3 Å². The fourth-order valence-electron chi connectivity index (χ4n) is 6.93. The summed E-state index contributed by atoms with van der Waals surface area (Å²) < 4.78 is 17.1. The van der Waals surface area contributed by atoms with Crippen LogP contribution in [-0.4, -0.2) is 75.5 Å². The van der Waals surface area contributed by atoms with Crippen molar-refractivity contribution in [2.24, 2.45) is 0 Å². The number of hydrogen-bond donors (Lipinski definition) is 0. The maximum atomic E-state index is 12.6. The van der Waals surface area contributed by atoms with E-state index in [1.54, 1.807) is 21.1 Å². The molecule has 0 saturated carbocycles. The van der Waals surface area contributed by atoms with E-state index in [9.17, 15) is 19.5 Å². The van der Waals surface area contributed by atoms with Gasteiger partial charge in [0.05, 0.1) is 40.3 Å². The number of esters is 2. The number of allylic oxidation sites excluding steroid dienone is 4. The maximum Gasteiger partial charge on any atom is 0.306 e. The Morgan fingerprint density at radius 1 is 0.536 bits per heavy atom. The molecule has 0 heterocycles. The second-order valence-corrected chi connectivity index (χ2v) is 17.0. The molecule has 328 valence electrons. The van der Waals surface area contributed by atoms with Crippen molar-refractivity contribution in [3.05, 3.63) is 24.3 Å². The lowest BCUT2D eigenvalue weighted by Gasteiger charge is -2.34. The van der Waals surface area contributed by atoms with Gasteiger partial charge in [-0.15, -0.1) is 0 Å². The quantitative estimate of drug-likeness (QED) is 0.0262. The van der Waals surface area contributed by atoms with E-state index in [4.69, 9.17) is 14.2 Å². The van der Waals surface area contributed by atoms with Crippen molar-refractivity contribution in [3.8, 4) is 0 Å². The average Bonchev–Trinajstić information content (AvgIpc) is 3.15. The molecule has 0 aliphatic heterocycles. The lowest BCUT2D eigenvalue weighted by molar-refractivity contribution is -0.889. The van der Waals surface area contributed by atoms with Crippen LogP contribution in [-0.2, 0) is 28.6 Å². The minimum atomic E-state index is -1.12. The Kier molecular flexibility index (Phi) is 38.1. The van der Waals surface area contributed by atoms with Crippen molar-refractivity contribution in [2.45, 2.75) is 225 Å². The molecule has 0 aromatic carbocycles. The number of carboxylic acids is 1. The summed E-state index contributed by atoms with van der Waals surface area (Å²) in [6, 6.07) is -0.723. The molecule has 0 fully saturated rings. The summed E-state index contributed by atoms with van der Waals surface area (Å²) in [5.41, 5.74) is 0. The van der Waals surface area contributed by atoms with Gasteiger partial charge in [-0.3, -0.25) is 9.59 Å². The zero-order valence-electron chi connectivity index (χ0n) is 37.3. The zero-order chi connectivity index (χ0) is 41.4. The topological polar surface area (TPSA) is 102 Å². The van der Waals surface area contributed by atoms with Crippen molar-refractivity contribution in [1.82, 2.24) is 0 Å². The number of carbonyl (C=O) groups excluding carboxylic acids is 3. The summed E-state index contributed by atoms with van der Waals surface area (Å²) in [4.78, 5) is 36.8. The van der Waals surface area contributed by atoms with Gasteiger partial charge in [0.1, 0.15) is 12.6 Å². The molecule has 0 aromatic heterocycles. The first-order valence-corrected chi connectivity index (χ1v) is 23.4. The summed E-state index contributed by atoms with van der Waals surface area (Å²) in [5, 5.41) is 11.6. The number of carbonyl (C=O) groups is 3. The van der Waals surface area contributed by atoms with Crippen LogP contribution in [0, 0.1) is 0 Å². The van der Waals surface area contributed by atoms with Crippen LogP contribution in [0.2, 0.25) is 0 Å². The Morgan fingerprint density at radius 3 is 1.38 bits per heavy atom. The van der Waals surface area contributed by atoms with Crippen LogP contribution in [0.3, 0.4) is 0 Å². The van der Waals surface area contributed by atoms with E-state index in [1.807, 2.05) is 0 Å². The minimum absolute atomic E-state index is 0.0416. The molecular weight excluding hydrogens is 703 g/mol. The van der Waals surface area contributed by atoms with Gasteiger partial charge in [0.15, 0.2) is 6.10 Å². The maximum absolute atomic E-state index is 12.6. The summed E-state index contributed by atoms with van der Waals surface area (Å²) in [6.07, 6.45) is 43.6. The van der Waals surface area contributed by atoms with Gasteiger partial charge in [-0.05, 0) is 44.9 Å². The Labute approximate surface area is 345 Å². The molecule has 2 unspecified atom stereocenters. The van der Waals surface area contributed by atoms with Crippen LogP contribution < -0.4 is 5.11 Å². The Balaban J connectivity index is 4.16. The molecule has 2 atom stereocenters. The molecule has 0 N–H and O–H groups in total. The van der Waals surface area contributed by atoms with E-state index < -0.39 is 18.1 Å². The molecule has 0 aromatic rings. The number of unbranched alkanes of at least 4 members (excludes halogenated alkanes) is 24. The largest absolute Gasteiger partial charge is 0.544 e. The molecule has 8 heteroatoms. The Morgan fingerprint density at radius 2 is 0.946 bits per heavy atom. The normalized spacial score (nSPS) is 13.1. The lowest BCUT2D eigenvalue weighted by atomic mass is 10.1. The van der Waals surface area contributed by atoms with Crippen LogP contribution in [0.5, 0.6) is 0 Å². The Hall–Kier alpha value is -2.19. The number of carboxylic acid groups (broad SMARTS) is 1. The van der Waals surface area contributed by atoms with Gasteiger partial charge in [-0.2, -0.15) is 0 Å². The van der Waals surface area contributed by atoms with E-state index in [0.717, 1.165) is 51.4 Å². The van der Waals surface area contributed by atoms with Gasteiger partial charge in [0, 0.05) is 19.3 Å². The van der Waals surface area contributed by atoms with Crippen molar-refractivity contribution in [2.75, 3.05) is 41.0 Å². The van der Waals surface area contributed by atoms with E-state index in [-0.39, 0.29) is 42.7 Å². The SMILES string of the molecule is CCCCCCCCCCC/C=C/C/C=C/CCCCCCCCCC(=O)OCC(COCCC(C(=O)[O-])[N+](C)(C)C)OC(=O)CCCCCCCCCCC. The molecule has 0 radical (unpaired) electrons. The van der Waals surface area contributed by atoms with Crippen LogP contribution in [0.4, 0.5) is 0 Å². The van der Waals surface area contributed by atoms with E-state index in [2.05, 4.69) is 38.2 Å².